The number of carbonyl (C=O) groups excluding carboxylic acids is 2. The van der Waals surface area contributed by atoms with Crippen molar-refractivity contribution >= 4 is 11.6 Å². The first kappa shape index (κ1) is 18.1. The summed E-state index contributed by atoms with van der Waals surface area (Å²) in [4.78, 5) is 25.3. The molecule has 1 aliphatic rings. The molecule has 136 valence electrons. The molecule has 1 unspecified atom stereocenters. The van der Waals surface area contributed by atoms with Crippen LogP contribution in [0.25, 0.3) is 0 Å². The quantitative estimate of drug-likeness (QED) is 0.560. The molecule has 0 aromatic heterocycles. The predicted molar refractivity (Wildman–Crippen MR) is 96.1 cm³/mol. The van der Waals surface area contributed by atoms with E-state index in [1.807, 2.05) is 6.92 Å². The first-order chi connectivity index (χ1) is 12.5. The van der Waals surface area contributed by atoms with Crippen LogP contribution in [0.2, 0.25) is 0 Å². The third kappa shape index (κ3) is 3.47. The van der Waals surface area contributed by atoms with Crippen LogP contribution in [-0.2, 0) is 0 Å². The van der Waals surface area contributed by atoms with Crippen LogP contribution in [0.15, 0.2) is 36.4 Å². The number of rotatable bonds is 7. The Morgan fingerprint density at radius 1 is 1.08 bits per heavy atom. The van der Waals surface area contributed by atoms with Gasteiger partial charge < -0.3 is 20.3 Å². The Hall–Kier alpha value is -2.70. The highest BCUT2D eigenvalue weighted by atomic mass is 16.5. The Morgan fingerprint density at radius 2 is 1.77 bits per heavy atom. The number of aromatic hydroxyl groups is 1. The average molecular weight is 355 g/mol. The predicted octanol–water partition coefficient (Wildman–Crippen LogP) is 1.91. The largest absolute Gasteiger partial charge is 0.507 e. The Labute approximate surface area is 151 Å². The highest BCUT2D eigenvalue weighted by Crippen LogP contribution is 2.35. The monoisotopic (exact) mass is 355 g/mol. The molecule has 3 N–H and O–H groups in total. The smallest absolute Gasteiger partial charge is 0.198 e. The maximum absolute atomic E-state index is 12.7. The van der Waals surface area contributed by atoms with E-state index in [9.17, 15) is 19.8 Å². The number of hydrogen-bond acceptors (Lipinski definition) is 6. The first-order valence-corrected chi connectivity index (χ1v) is 8.60. The fourth-order valence-corrected chi connectivity index (χ4v) is 2.96. The Balaban J connectivity index is 1.81. The Kier molecular flexibility index (Phi) is 5.35. The molecule has 0 radical (unpaired) electrons. The lowest BCUT2D eigenvalue weighted by molar-refractivity contribution is 0.0972. The highest BCUT2D eigenvalue weighted by Gasteiger charge is 2.32. The third-order valence-electron chi connectivity index (χ3n) is 4.23. The van der Waals surface area contributed by atoms with Crippen LogP contribution in [0, 0.1) is 0 Å². The van der Waals surface area contributed by atoms with E-state index >= 15 is 0 Å². The minimum Gasteiger partial charge on any atom is -0.507 e. The first-order valence-electron chi connectivity index (χ1n) is 8.60. The SMILES string of the molecule is CCCNCC(O)COc1cc(O)c2c(c1)C(=O)c1ccccc1C2=O. The van der Waals surface area contributed by atoms with Crippen LogP contribution in [0.3, 0.4) is 0 Å². The van der Waals surface area contributed by atoms with Crippen LogP contribution in [-0.4, -0.2) is 47.6 Å². The molecule has 1 atom stereocenters. The number of hydrogen-bond donors (Lipinski definition) is 3. The zero-order valence-electron chi connectivity index (χ0n) is 14.5. The highest BCUT2D eigenvalue weighted by molar-refractivity contribution is 6.29. The Bertz CT molecular complexity index is 846. The summed E-state index contributed by atoms with van der Waals surface area (Å²) < 4.78 is 5.50. The van der Waals surface area contributed by atoms with Crippen LogP contribution in [0.4, 0.5) is 0 Å². The zero-order chi connectivity index (χ0) is 18.7. The van der Waals surface area contributed by atoms with Crippen molar-refractivity contribution in [2.24, 2.45) is 0 Å². The topological polar surface area (TPSA) is 95.9 Å². The summed E-state index contributed by atoms with van der Waals surface area (Å²) in [5, 5.41) is 23.2. The molecule has 0 amide bonds. The average Bonchev–Trinajstić information content (AvgIpc) is 2.64. The van der Waals surface area contributed by atoms with Crippen LogP contribution < -0.4 is 10.1 Å². The molecule has 2 aromatic carbocycles. The third-order valence-corrected chi connectivity index (χ3v) is 4.23. The van der Waals surface area contributed by atoms with Gasteiger partial charge in [0.2, 0.25) is 0 Å². The molecular weight excluding hydrogens is 334 g/mol. The number of phenols is 1. The maximum Gasteiger partial charge on any atom is 0.198 e. The van der Waals surface area contributed by atoms with E-state index in [4.69, 9.17) is 4.74 Å². The van der Waals surface area contributed by atoms with Gasteiger partial charge in [0.05, 0.1) is 5.56 Å². The molecule has 0 saturated heterocycles. The number of ether oxygens (including phenoxy) is 1. The number of nitrogens with one attached hydrogen (secondary N) is 1. The fourth-order valence-electron chi connectivity index (χ4n) is 2.96. The summed E-state index contributed by atoms with van der Waals surface area (Å²) in [6, 6.07) is 9.27. The second-order valence-corrected chi connectivity index (χ2v) is 6.24. The lowest BCUT2D eigenvalue weighted by Crippen LogP contribution is -2.31. The van der Waals surface area contributed by atoms with Gasteiger partial charge in [-0.1, -0.05) is 31.2 Å². The molecule has 0 bridgehead atoms. The number of fused-ring (bicyclic) bond motifs is 2. The molecule has 2 aromatic rings. The summed E-state index contributed by atoms with van der Waals surface area (Å²) in [5.74, 6) is -0.788. The second kappa shape index (κ2) is 7.68. The molecule has 3 rings (SSSR count). The number of benzene rings is 2. The van der Waals surface area contributed by atoms with Crippen LogP contribution in [0.5, 0.6) is 11.5 Å². The molecule has 0 spiro atoms. The number of carbonyl (C=O) groups is 2. The van der Waals surface area contributed by atoms with E-state index < -0.39 is 6.10 Å². The van der Waals surface area contributed by atoms with E-state index in [1.54, 1.807) is 24.3 Å². The van der Waals surface area contributed by atoms with Crippen molar-refractivity contribution < 1.29 is 24.5 Å². The van der Waals surface area contributed by atoms with Crippen molar-refractivity contribution in [3.63, 3.8) is 0 Å². The van der Waals surface area contributed by atoms with E-state index in [0.29, 0.717) is 12.1 Å². The minimum absolute atomic E-state index is 0.00760. The molecule has 26 heavy (non-hydrogen) atoms. The van der Waals surface area contributed by atoms with Gasteiger partial charge in [0.15, 0.2) is 11.6 Å². The van der Waals surface area contributed by atoms with Crippen molar-refractivity contribution in [1.82, 2.24) is 5.32 Å². The van der Waals surface area contributed by atoms with Gasteiger partial charge in [-0.2, -0.15) is 0 Å². The molecule has 6 nitrogen and oxygen atoms in total. The van der Waals surface area contributed by atoms with Gasteiger partial charge in [-0.05, 0) is 19.0 Å². The molecule has 0 fully saturated rings. The number of aliphatic hydroxyl groups is 1. The summed E-state index contributed by atoms with van der Waals surface area (Å²) >= 11 is 0. The van der Waals surface area contributed by atoms with Crippen molar-refractivity contribution in [2.45, 2.75) is 19.4 Å². The van der Waals surface area contributed by atoms with E-state index in [2.05, 4.69) is 5.32 Å². The summed E-state index contributed by atoms with van der Waals surface area (Å²) in [7, 11) is 0. The number of aliphatic hydroxyl groups excluding tert-OH is 1. The van der Waals surface area contributed by atoms with Crippen molar-refractivity contribution in [1.29, 1.82) is 0 Å². The standard InChI is InChI=1S/C20H21NO5/c1-2-7-21-10-12(22)11-26-13-8-16-18(17(23)9-13)20(25)15-6-4-3-5-14(15)19(16)24/h3-6,8-9,12,21-23H,2,7,10-11H2,1H3. The minimum atomic E-state index is -0.724. The van der Waals surface area contributed by atoms with Crippen molar-refractivity contribution in [2.75, 3.05) is 19.7 Å². The van der Waals surface area contributed by atoms with E-state index in [1.165, 1.54) is 12.1 Å². The van der Waals surface area contributed by atoms with Crippen molar-refractivity contribution in [3.8, 4) is 11.5 Å². The van der Waals surface area contributed by atoms with Gasteiger partial charge in [0.25, 0.3) is 0 Å². The van der Waals surface area contributed by atoms with Crippen molar-refractivity contribution in [3.05, 3.63) is 58.7 Å². The summed E-state index contributed by atoms with van der Waals surface area (Å²) in [6.45, 7) is 3.22. The van der Waals surface area contributed by atoms with Gasteiger partial charge >= 0.3 is 0 Å². The maximum atomic E-state index is 12.7. The molecule has 0 aliphatic heterocycles. The molecule has 6 heteroatoms. The molecule has 0 heterocycles. The van der Waals surface area contributed by atoms with Gasteiger partial charge in [-0.25, -0.2) is 0 Å². The number of ketones is 2. The summed E-state index contributed by atoms with van der Waals surface area (Å²) in [5.41, 5.74) is 0.699. The molecular formula is C20H21NO5. The van der Waals surface area contributed by atoms with Gasteiger partial charge in [-0.3, -0.25) is 9.59 Å². The van der Waals surface area contributed by atoms with Gasteiger partial charge in [0.1, 0.15) is 24.2 Å². The van der Waals surface area contributed by atoms with E-state index in [0.717, 1.165) is 13.0 Å². The molecule has 1 aliphatic carbocycles. The van der Waals surface area contributed by atoms with Crippen LogP contribution >= 0.6 is 0 Å². The zero-order valence-corrected chi connectivity index (χ0v) is 14.5. The summed E-state index contributed by atoms with van der Waals surface area (Å²) in [6.07, 6.45) is 0.238. The van der Waals surface area contributed by atoms with Crippen LogP contribution in [0.1, 0.15) is 45.2 Å². The lowest BCUT2D eigenvalue weighted by atomic mass is 9.83. The second-order valence-electron chi connectivity index (χ2n) is 6.24. The van der Waals surface area contributed by atoms with Gasteiger partial charge in [0, 0.05) is 29.3 Å². The molecule has 0 saturated carbocycles. The van der Waals surface area contributed by atoms with E-state index in [-0.39, 0.29) is 46.4 Å². The van der Waals surface area contributed by atoms with Gasteiger partial charge in [-0.15, -0.1) is 0 Å². The lowest BCUT2D eigenvalue weighted by Gasteiger charge is -2.20. The normalized spacial score (nSPS) is 13.9. The number of phenolic OH excluding ortho intramolecular Hbond substituents is 1. The Morgan fingerprint density at radius 3 is 2.46 bits per heavy atom. The fraction of sp³-hybridized carbons (Fsp3) is 0.300.